The van der Waals surface area contributed by atoms with Crippen LogP contribution in [-0.4, -0.2) is 34.4 Å². The van der Waals surface area contributed by atoms with Crippen LogP contribution in [0, 0.1) is 6.92 Å². The minimum atomic E-state index is -1.32. The van der Waals surface area contributed by atoms with Crippen LogP contribution in [0.25, 0.3) is 0 Å². The Kier molecular flexibility index (Phi) is 5.32. The summed E-state index contributed by atoms with van der Waals surface area (Å²) in [5.41, 5.74) is 1.99. The fourth-order valence-electron chi connectivity index (χ4n) is 1.59. The molecule has 0 saturated heterocycles. The Bertz CT molecular complexity index is 460. The predicted octanol–water partition coefficient (Wildman–Crippen LogP) is 0.628. The van der Waals surface area contributed by atoms with Crippen LogP contribution >= 0.6 is 0 Å². The van der Waals surface area contributed by atoms with Gasteiger partial charge in [-0.05, 0) is 19.4 Å². The standard InChI is InChI=1S/C13H18N2O4/c1-8-4-3-5-10(6-8)7-14-13(19)15-11(9(2)16)12(17)18/h3-6,9,11,16H,7H2,1-2H3,(H,17,18)(H2,14,15,19). The summed E-state index contributed by atoms with van der Waals surface area (Å²) in [7, 11) is 0. The summed E-state index contributed by atoms with van der Waals surface area (Å²) in [6.07, 6.45) is -1.16. The Morgan fingerprint density at radius 2 is 2.05 bits per heavy atom. The molecule has 1 aromatic rings. The molecule has 6 nitrogen and oxygen atoms in total. The molecule has 4 N–H and O–H groups in total. The molecule has 104 valence electrons. The molecular formula is C13H18N2O4. The largest absolute Gasteiger partial charge is 0.480 e. The SMILES string of the molecule is Cc1cccc(CNC(=O)NC(C(=O)O)C(C)O)c1. The van der Waals surface area contributed by atoms with Gasteiger partial charge in [-0.15, -0.1) is 0 Å². The van der Waals surface area contributed by atoms with Gasteiger partial charge in [0.05, 0.1) is 6.10 Å². The summed E-state index contributed by atoms with van der Waals surface area (Å²) < 4.78 is 0. The molecule has 0 bridgehead atoms. The number of aliphatic hydroxyl groups excluding tert-OH is 1. The molecular weight excluding hydrogens is 248 g/mol. The monoisotopic (exact) mass is 266 g/mol. The number of carboxylic acids is 1. The molecule has 0 aliphatic rings. The summed E-state index contributed by atoms with van der Waals surface area (Å²) in [4.78, 5) is 22.3. The molecule has 0 saturated carbocycles. The molecule has 0 fully saturated rings. The normalized spacial score (nSPS) is 13.4. The number of carboxylic acid groups (broad SMARTS) is 1. The molecule has 0 radical (unpaired) electrons. The number of hydrogen-bond acceptors (Lipinski definition) is 3. The van der Waals surface area contributed by atoms with E-state index in [2.05, 4.69) is 10.6 Å². The summed E-state index contributed by atoms with van der Waals surface area (Å²) in [5.74, 6) is -1.28. The van der Waals surface area contributed by atoms with Gasteiger partial charge in [-0.3, -0.25) is 0 Å². The van der Waals surface area contributed by atoms with Crippen molar-refractivity contribution in [1.82, 2.24) is 10.6 Å². The van der Waals surface area contributed by atoms with Crippen molar-refractivity contribution in [3.05, 3.63) is 35.4 Å². The van der Waals surface area contributed by atoms with Crippen molar-refractivity contribution in [2.75, 3.05) is 0 Å². The molecule has 1 aromatic carbocycles. The third-order valence-electron chi connectivity index (χ3n) is 2.57. The Morgan fingerprint density at radius 3 is 2.58 bits per heavy atom. The maximum atomic E-state index is 11.5. The van der Waals surface area contributed by atoms with Crippen LogP contribution in [0.15, 0.2) is 24.3 Å². The third kappa shape index (κ3) is 4.97. The second-order valence-electron chi connectivity index (χ2n) is 4.37. The first-order chi connectivity index (χ1) is 8.90. The number of benzene rings is 1. The maximum Gasteiger partial charge on any atom is 0.328 e. The van der Waals surface area contributed by atoms with Crippen molar-refractivity contribution >= 4 is 12.0 Å². The zero-order valence-electron chi connectivity index (χ0n) is 10.9. The number of hydrogen-bond donors (Lipinski definition) is 4. The quantitative estimate of drug-likeness (QED) is 0.628. The first-order valence-corrected chi connectivity index (χ1v) is 5.91. The van der Waals surface area contributed by atoms with E-state index in [9.17, 15) is 14.7 Å². The molecule has 2 unspecified atom stereocenters. The van der Waals surface area contributed by atoms with E-state index in [-0.39, 0.29) is 0 Å². The van der Waals surface area contributed by atoms with E-state index < -0.39 is 24.1 Å². The van der Waals surface area contributed by atoms with Gasteiger partial charge in [0.1, 0.15) is 0 Å². The summed E-state index contributed by atoms with van der Waals surface area (Å²) >= 11 is 0. The van der Waals surface area contributed by atoms with Crippen LogP contribution in [0.1, 0.15) is 18.1 Å². The lowest BCUT2D eigenvalue weighted by Gasteiger charge is -2.17. The van der Waals surface area contributed by atoms with Crippen molar-refractivity contribution < 1.29 is 19.8 Å². The van der Waals surface area contributed by atoms with Gasteiger partial charge in [0.15, 0.2) is 6.04 Å². The van der Waals surface area contributed by atoms with Crippen LogP contribution in [0.2, 0.25) is 0 Å². The molecule has 2 atom stereocenters. The molecule has 0 spiro atoms. The molecule has 19 heavy (non-hydrogen) atoms. The van der Waals surface area contributed by atoms with E-state index in [4.69, 9.17) is 5.11 Å². The third-order valence-corrected chi connectivity index (χ3v) is 2.57. The van der Waals surface area contributed by atoms with Gasteiger partial charge in [0.2, 0.25) is 0 Å². The van der Waals surface area contributed by atoms with Crippen molar-refractivity contribution in [3.63, 3.8) is 0 Å². The predicted molar refractivity (Wildman–Crippen MR) is 69.7 cm³/mol. The van der Waals surface area contributed by atoms with Gasteiger partial charge in [-0.25, -0.2) is 9.59 Å². The van der Waals surface area contributed by atoms with Crippen LogP contribution in [0.4, 0.5) is 4.79 Å². The Morgan fingerprint density at radius 1 is 1.37 bits per heavy atom. The number of amides is 2. The van der Waals surface area contributed by atoms with Crippen LogP contribution < -0.4 is 10.6 Å². The maximum absolute atomic E-state index is 11.5. The Hall–Kier alpha value is -2.08. The van der Waals surface area contributed by atoms with Gasteiger partial charge in [0.25, 0.3) is 0 Å². The highest BCUT2D eigenvalue weighted by molar-refractivity contribution is 5.82. The molecule has 2 amide bonds. The smallest absolute Gasteiger partial charge is 0.328 e. The minimum absolute atomic E-state index is 0.291. The number of carbonyl (C=O) groups excluding carboxylic acids is 1. The second-order valence-corrected chi connectivity index (χ2v) is 4.37. The van der Waals surface area contributed by atoms with E-state index >= 15 is 0 Å². The van der Waals surface area contributed by atoms with Crippen molar-refractivity contribution in [2.45, 2.75) is 32.5 Å². The van der Waals surface area contributed by atoms with Crippen molar-refractivity contribution in [1.29, 1.82) is 0 Å². The summed E-state index contributed by atoms with van der Waals surface area (Å²) in [6.45, 7) is 3.54. The number of urea groups is 1. The van der Waals surface area contributed by atoms with E-state index in [0.717, 1.165) is 11.1 Å². The molecule has 6 heteroatoms. The zero-order valence-corrected chi connectivity index (χ0v) is 10.9. The zero-order chi connectivity index (χ0) is 14.4. The highest BCUT2D eigenvalue weighted by Crippen LogP contribution is 2.03. The fraction of sp³-hybridized carbons (Fsp3) is 0.385. The van der Waals surface area contributed by atoms with Gasteiger partial charge >= 0.3 is 12.0 Å². The van der Waals surface area contributed by atoms with Crippen LogP contribution in [0.5, 0.6) is 0 Å². The lowest BCUT2D eigenvalue weighted by atomic mass is 10.1. The molecule has 0 aromatic heterocycles. The number of carbonyl (C=O) groups is 2. The second kappa shape index (κ2) is 6.75. The van der Waals surface area contributed by atoms with Gasteiger partial charge < -0.3 is 20.8 Å². The molecule has 0 aliphatic carbocycles. The van der Waals surface area contributed by atoms with E-state index in [0.29, 0.717) is 6.54 Å². The first kappa shape index (κ1) is 15.0. The van der Waals surface area contributed by atoms with E-state index in [1.165, 1.54) is 6.92 Å². The van der Waals surface area contributed by atoms with E-state index in [1.807, 2.05) is 31.2 Å². The topological polar surface area (TPSA) is 98.7 Å². The number of nitrogens with one attached hydrogen (secondary N) is 2. The summed E-state index contributed by atoms with van der Waals surface area (Å²) in [6, 6.07) is 5.64. The molecule has 0 heterocycles. The van der Waals surface area contributed by atoms with E-state index in [1.54, 1.807) is 0 Å². The lowest BCUT2D eigenvalue weighted by molar-refractivity contribution is -0.141. The average molecular weight is 266 g/mol. The van der Waals surface area contributed by atoms with Gasteiger partial charge in [-0.2, -0.15) is 0 Å². The highest BCUT2D eigenvalue weighted by atomic mass is 16.4. The number of aliphatic hydroxyl groups is 1. The molecule has 1 rings (SSSR count). The van der Waals surface area contributed by atoms with Crippen LogP contribution in [0.3, 0.4) is 0 Å². The number of aryl methyl sites for hydroxylation is 1. The Balaban J connectivity index is 2.49. The number of rotatable bonds is 5. The van der Waals surface area contributed by atoms with Crippen molar-refractivity contribution in [2.24, 2.45) is 0 Å². The van der Waals surface area contributed by atoms with Crippen LogP contribution in [-0.2, 0) is 11.3 Å². The minimum Gasteiger partial charge on any atom is -0.480 e. The van der Waals surface area contributed by atoms with Gasteiger partial charge in [-0.1, -0.05) is 29.8 Å². The Labute approximate surface area is 111 Å². The summed E-state index contributed by atoms with van der Waals surface area (Å²) in [5, 5.41) is 22.8. The lowest BCUT2D eigenvalue weighted by Crippen LogP contribution is -2.50. The van der Waals surface area contributed by atoms with Gasteiger partial charge in [0, 0.05) is 6.54 Å². The average Bonchev–Trinajstić information content (AvgIpc) is 2.32. The first-order valence-electron chi connectivity index (χ1n) is 5.91. The highest BCUT2D eigenvalue weighted by Gasteiger charge is 2.24. The number of aliphatic carboxylic acids is 1. The van der Waals surface area contributed by atoms with Crippen molar-refractivity contribution in [3.8, 4) is 0 Å². The fourth-order valence-corrected chi connectivity index (χ4v) is 1.59. The molecule has 0 aliphatic heterocycles.